The van der Waals surface area contributed by atoms with E-state index >= 15 is 0 Å². The number of pyridine rings is 1. The summed E-state index contributed by atoms with van der Waals surface area (Å²) >= 11 is 3.53. The summed E-state index contributed by atoms with van der Waals surface area (Å²) < 4.78 is 8.06. The monoisotopic (exact) mass is 411 g/mol. The number of rotatable bonds is 7. The molecule has 3 aromatic heterocycles. The van der Waals surface area contributed by atoms with Gasteiger partial charge in [0.05, 0.1) is 11.6 Å². The quantitative estimate of drug-likeness (QED) is 0.334. The normalized spacial score (nSPS) is 11.1. The fourth-order valence-corrected chi connectivity index (χ4v) is 4.72. The lowest BCUT2D eigenvalue weighted by Crippen LogP contribution is -2.44. The molecule has 0 aliphatic carbocycles. The van der Waals surface area contributed by atoms with Crippen molar-refractivity contribution < 1.29 is 14.3 Å². The number of ether oxygens (including phenoxy) is 1. The maximum absolute atomic E-state index is 6.24. The molecular weight excluding hydrogens is 388 g/mol. The first-order valence-corrected chi connectivity index (χ1v) is 11.1. The third-order valence-electron chi connectivity index (χ3n) is 4.60. The smallest absolute Gasteiger partial charge is 0.326 e. The van der Waals surface area contributed by atoms with E-state index in [1.54, 1.807) is 18.4 Å². The van der Waals surface area contributed by atoms with Gasteiger partial charge in [0.1, 0.15) is 25.2 Å². The molecule has 0 aliphatic rings. The Morgan fingerprint density at radius 1 is 1.14 bits per heavy atom. The molecule has 0 radical (unpaired) electrons. The van der Waals surface area contributed by atoms with Crippen molar-refractivity contribution in [2.75, 3.05) is 12.9 Å². The molecule has 4 aromatic rings. The van der Waals surface area contributed by atoms with Crippen LogP contribution in [-0.4, -0.2) is 17.8 Å². The Labute approximate surface area is 173 Å². The van der Waals surface area contributed by atoms with E-state index < -0.39 is 0 Å². The van der Waals surface area contributed by atoms with Gasteiger partial charge in [-0.1, -0.05) is 6.92 Å². The molecule has 1 N–H and O–H groups in total. The topological polar surface area (TPSA) is 38.1 Å². The second kappa shape index (κ2) is 8.29. The Bertz CT molecular complexity index is 1090. The Morgan fingerprint density at radius 2 is 2.04 bits per heavy atom. The van der Waals surface area contributed by atoms with Gasteiger partial charge in [-0.2, -0.15) is 11.3 Å². The molecule has 6 heteroatoms. The van der Waals surface area contributed by atoms with Gasteiger partial charge in [-0.05, 0) is 63.2 Å². The number of thiophene rings is 1. The van der Waals surface area contributed by atoms with Gasteiger partial charge in [-0.15, -0.1) is 11.8 Å². The first kappa shape index (κ1) is 18.9. The van der Waals surface area contributed by atoms with E-state index in [9.17, 15) is 0 Å². The molecule has 0 atom stereocenters. The molecule has 4 nitrogen and oxygen atoms in total. The van der Waals surface area contributed by atoms with Crippen LogP contribution in [0.15, 0.2) is 58.3 Å². The predicted molar refractivity (Wildman–Crippen MR) is 116 cm³/mol. The number of thioether (sulfide) groups is 1. The number of aromatic amines is 1. The van der Waals surface area contributed by atoms with Crippen molar-refractivity contribution in [2.24, 2.45) is 0 Å². The average molecular weight is 412 g/mol. The zero-order chi connectivity index (χ0) is 19.5. The Morgan fingerprint density at radius 3 is 2.79 bits per heavy atom. The van der Waals surface area contributed by atoms with E-state index in [-0.39, 0.29) is 0 Å². The average Bonchev–Trinajstić information content (AvgIpc) is 3.38. The highest BCUT2D eigenvalue weighted by Gasteiger charge is 2.20. The third-order valence-corrected chi connectivity index (χ3v) is 6.21. The minimum Gasteiger partial charge on any atom is -0.488 e. The molecule has 0 bridgehead atoms. The zero-order valence-electron chi connectivity index (χ0n) is 16.2. The standard InChI is InChI=1S/C22H22N2O2S2/c1-4-28-17-5-6-21(26-13-16-8-10-27-14-16)20(12-17)19-11-15(2)24(25-3)22-18(19)7-9-23-22/h5-12,14H,4,13H2,1-3H3/p+1. The number of benzene rings is 1. The van der Waals surface area contributed by atoms with Crippen molar-refractivity contribution in [2.45, 2.75) is 25.3 Å². The number of nitrogens with zero attached hydrogens (tertiary/aromatic N) is 1. The van der Waals surface area contributed by atoms with E-state index in [1.165, 1.54) is 10.5 Å². The molecule has 144 valence electrons. The summed E-state index contributed by atoms with van der Waals surface area (Å²) in [6.45, 7) is 4.78. The highest BCUT2D eigenvalue weighted by Crippen LogP contribution is 2.38. The van der Waals surface area contributed by atoms with Crippen LogP contribution >= 0.6 is 23.1 Å². The van der Waals surface area contributed by atoms with Crippen LogP contribution in [0.5, 0.6) is 5.75 Å². The first-order valence-electron chi connectivity index (χ1n) is 9.19. The number of aryl methyl sites for hydroxylation is 1. The molecule has 4 rings (SSSR count). The first-order chi connectivity index (χ1) is 13.7. The molecule has 0 saturated heterocycles. The Hall–Kier alpha value is -2.44. The molecule has 1 aromatic carbocycles. The Balaban J connectivity index is 1.84. The van der Waals surface area contributed by atoms with E-state index in [4.69, 9.17) is 9.57 Å². The van der Waals surface area contributed by atoms with Gasteiger partial charge in [0.15, 0.2) is 0 Å². The molecule has 0 amide bonds. The summed E-state index contributed by atoms with van der Waals surface area (Å²) in [4.78, 5) is 10.1. The van der Waals surface area contributed by atoms with Gasteiger partial charge in [-0.25, -0.2) is 4.98 Å². The molecular formula is C22H23N2O2S2+. The van der Waals surface area contributed by atoms with Crippen LogP contribution in [0.2, 0.25) is 0 Å². The van der Waals surface area contributed by atoms with Crippen molar-refractivity contribution in [1.82, 2.24) is 4.98 Å². The lowest BCUT2D eigenvalue weighted by atomic mass is 10.0. The van der Waals surface area contributed by atoms with Gasteiger partial charge in [0, 0.05) is 22.9 Å². The molecule has 0 saturated carbocycles. The molecule has 3 heterocycles. The van der Waals surface area contributed by atoms with E-state index in [2.05, 4.69) is 59.1 Å². The highest BCUT2D eigenvalue weighted by molar-refractivity contribution is 7.99. The summed E-state index contributed by atoms with van der Waals surface area (Å²) in [7, 11) is 1.68. The van der Waals surface area contributed by atoms with Crippen molar-refractivity contribution in [3.05, 3.63) is 64.6 Å². The Kier molecular flexibility index (Phi) is 5.59. The van der Waals surface area contributed by atoms with Crippen molar-refractivity contribution in [1.29, 1.82) is 0 Å². The van der Waals surface area contributed by atoms with Gasteiger partial charge in [-0.3, -0.25) is 0 Å². The van der Waals surface area contributed by atoms with Crippen molar-refractivity contribution in [3.8, 4) is 16.9 Å². The van der Waals surface area contributed by atoms with Crippen LogP contribution in [0.3, 0.4) is 0 Å². The summed E-state index contributed by atoms with van der Waals surface area (Å²) in [5.41, 5.74) is 5.39. The summed E-state index contributed by atoms with van der Waals surface area (Å²) in [5, 5.41) is 5.31. The van der Waals surface area contributed by atoms with Crippen LogP contribution < -0.4 is 14.3 Å². The number of fused-ring (bicyclic) bond motifs is 1. The summed E-state index contributed by atoms with van der Waals surface area (Å²) in [6.07, 6.45) is 1.94. The second-order valence-electron chi connectivity index (χ2n) is 6.43. The van der Waals surface area contributed by atoms with Crippen LogP contribution in [0.4, 0.5) is 0 Å². The predicted octanol–water partition coefficient (Wildman–Crippen LogP) is 5.24. The highest BCUT2D eigenvalue weighted by atomic mass is 32.2. The molecule has 0 fully saturated rings. The van der Waals surface area contributed by atoms with E-state index in [0.717, 1.165) is 39.4 Å². The molecule has 0 unspecified atom stereocenters. The SMILES string of the molecule is CCSc1ccc(OCc2ccsc2)c(-c2cc(C)[n+](OC)c3[nH]ccc23)c1. The fourth-order valence-electron chi connectivity index (χ4n) is 3.36. The van der Waals surface area contributed by atoms with Crippen LogP contribution in [-0.2, 0) is 6.61 Å². The largest absolute Gasteiger partial charge is 0.488 e. The number of hydrogen-bond acceptors (Lipinski definition) is 4. The third kappa shape index (κ3) is 3.62. The van der Waals surface area contributed by atoms with Gasteiger partial charge in [0.25, 0.3) is 0 Å². The minimum atomic E-state index is 0.566. The maximum Gasteiger partial charge on any atom is 0.326 e. The second-order valence-corrected chi connectivity index (χ2v) is 8.55. The lowest BCUT2D eigenvalue weighted by Gasteiger charge is -2.14. The zero-order valence-corrected chi connectivity index (χ0v) is 17.8. The summed E-state index contributed by atoms with van der Waals surface area (Å²) in [5.74, 6) is 1.93. The van der Waals surface area contributed by atoms with E-state index in [0.29, 0.717) is 6.61 Å². The van der Waals surface area contributed by atoms with Gasteiger partial charge >= 0.3 is 5.65 Å². The molecule has 28 heavy (non-hydrogen) atoms. The van der Waals surface area contributed by atoms with Crippen molar-refractivity contribution >= 4 is 34.1 Å². The molecule has 0 spiro atoms. The maximum atomic E-state index is 6.24. The van der Waals surface area contributed by atoms with E-state index in [1.807, 2.05) is 29.6 Å². The number of nitrogens with one attached hydrogen (secondary N) is 1. The molecule has 0 aliphatic heterocycles. The summed E-state index contributed by atoms with van der Waals surface area (Å²) in [6, 6.07) is 12.8. The number of H-pyrrole nitrogens is 1. The van der Waals surface area contributed by atoms with Crippen LogP contribution in [0.25, 0.3) is 22.2 Å². The van der Waals surface area contributed by atoms with Crippen LogP contribution in [0, 0.1) is 6.92 Å². The van der Waals surface area contributed by atoms with Crippen LogP contribution in [0.1, 0.15) is 18.2 Å². The fraction of sp³-hybridized carbons (Fsp3) is 0.227. The lowest BCUT2D eigenvalue weighted by molar-refractivity contribution is -0.870. The van der Waals surface area contributed by atoms with Gasteiger partial charge in [0.2, 0.25) is 0 Å². The number of aromatic nitrogens is 2. The van der Waals surface area contributed by atoms with Gasteiger partial charge < -0.3 is 9.57 Å². The van der Waals surface area contributed by atoms with Crippen molar-refractivity contribution in [3.63, 3.8) is 0 Å². The minimum absolute atomic E-state index is 0.566. The number of hydrogen-bond donors (Lipinski definition) is 1.